The van der Waals surface area contributed by atoms with E-state index in [0.717, 1.165) is 0 Å². The molecule has 60 valence electrons. The van der Waals surface area contributed by atoms with Gasteiger partial charge in [-0.1, -0.05) is 20.8 Å². The summed E-state index contributed by atoms with van der Waals surface area (Å²) in [5, 5.41) is 18.7. The molecule has 0 heterocycles. The first-order valence-corrected chi connectivity index (χ1v) is 3.14. The van der Waals surface area contributed by atoms with Crippen LogP contribution in [0.25, 0.3) is 0 Å². The van der Waals surface area contributed by atoms with Gasteiger partial charge in [-0.15, -0.1) is 0 Å². The minimum Gasteiger partial charge on any atom is -0.333 e. The van der Waals surface area contributed by atoms with Crippen molar-refractivity contribution in [3.8, 4) is 0 Å². The van der Waals surface area contributed by atoms with Gasteiger partial charge in [0.2, 0.25) is 0 Å². The van der Waals surface area contributed by atoms with Crippen LogP contribution in [0.3, 0.4) is 0 Å². The minimum absolute atomic E-state index is 0.188. The standard InChI is InChI=1S/C6H13NO3/c1-6(2,3)4-5(8)7(9)10/h5,8H,4H2,1-3H3. The van der Waals surface area contributed by atoms with Crippen molar-refractivity contribution < 1.29 is 10.0 Å². The summed E-state index contributed by atoms with van der Waals surface area (Å²) < 4.78 is 0. The Labute approximate surface area is 60.0 Å². The molecule has 1 N–H and O–H groups in total. The third kappa shape index (κ3) is 4.26. The van der Waals surface area contributed by atoms with Gasteiger partial charge in [-0.05, 0) is 5.41 Å². The first-order valence-electron chi connectivity index (χ1n) is 3.14. The third-order valence-electron chi connectivity index (χ3n) is 1.04. The molecule has 1 unspecified atom stereocenters. The molecule has 0 amide bonds. The highest BCUT2D eigenvalue weighted by molar-refractivity contribution is 4.61. The molecule has 0 aromatic carbocycles. The van der Waals surface area contributed by atoms with Gasteiger partial charge in [0.25, 0.3) is 0 Å². The zero-order chi connectivity index (χ0) is 8.36. The molecule has 0 aromatic heterocycles. The van der Waals surface area contributed by atoms with Crippen LogP contribution in [-0.4, -0.2) is 16.3 Å². The van der Waals surface area contributed by atoms with Gasteiger partial charge in [-0.25, -0.2) is 0 Å². The number of hydrogen-bond donors (Lipinski definition) is 1. The Morgan fingerprint density at radius 3 is 2.10 bits per heavy atom. The lowest BCUT2D eigenvalue weighted by Crippen LogP contribution is -2.24. The average molecular weight is 147 g/mol. The Morgan fingerprint density at radius 1 is 1.60 bits per heavy atom. The van der Waals surface area contributed by atoms with E-state index in [0.29, 0.717) is 0 Å². The van der Waals surface area contributed by atoms with E-state index in [9.17, 15) is 10.1 Å². The van der Waals surface area contributed by atoms with E-state index >= 15 is 0 Å². The summed E-state index contributed by atoms with van der Waals surface area (Å²) in [6, 6.07) is 0. The summed E-state index contributed by atoms with van der Waals surface area (Å²) >= 11 is 0. The fourth-order valence-corrected chi connectivity index (χ4v) is 0.622. The molecule has 0 radical (unpaired) electrons. The van der Waals surface area contributed by atoms with Crippen molar-refractivity contribution in [1.82, 2.24) is 0 Å². The van der Waals surface area contributed by atoms with Gasteiger partial charge < -0.3 is 5.11 Å². The summed E-state index contributed by atoms with van der Waals surface area (Å²) in [4.78, 5) is 9.26. The molecule has 4 nitrogen and oxygen atoms in total. The van der Waals surface area contributed by atoms with Crippen molar-refractivity contribution in [3.63, 3.8) is 0 Å². The first-order chi connectivity index (χ1) is 4.33. The summed E-state index contributed by atoms with van der Waals surface area (Å²) in [6.45, 7) is 5.54. The van der Waals surface area contributed by atoms with E-state index in [-0.39, 0.29) is 11.8 Å². The highest BCUT2D eigenvalue weighted by Crippen LogP contribution is 2.20. The minimum atomic E-state index is -1.42. The van der Waals surface area contributed by atoms with Crippen LogP contribution in [-0.2, 0) is 0 Å². The lowest BCUT2D eigenvalue weighted by Gasteiger charge is -2.16. The normalized spacial score (nSPS) is 14.8. The van der Waals surface area contributed by atoms with Gasteiger partial charge in [0.05, 0.1) is 4.92 Å². The molecule has 0 rings (SSSR count). The van der Waals surface area contributed by atoms with Crippen LogP contribution in [0.2, 0.25) is 0 Å². The smallest absolute Gasteiger partial charge is 0.313 e. The van der Waals surface area contributed by atoms with E-state index < -0.39 is 11.2 Å². The molecule has 0 spiro atoms. The quantitative estimate of drug-likeness (QED) is 0.360. The number of aliphatic hydroxyl groups excluding tert-OH is 1. The molecule has 0 fully saturated rings. The number of rotatable bonds is 2. The summed E-state index contributed by atoms with van der Waals surface area (Å²) in [6.07, 6.45) is -1.22. The molecule has 0 aliphatic heterocycles. The van der Waals surface area contributed by atoms with Crippen LogP contribution in [0.4, 0.5) is 0 Å². The van der Waals surface area contributed by atoms with Gasteiger partial charge in [-0.3, -0.25) is 10.1 Å². The van der Waals surface area contributed by atoms with E-state index in [2.05, 4.69) is 0 Å². The van der Waals surface area contributed by atoms with Gasteiger partial charge >= 0.3 is 6.23 Å². The molecule has 10 heavy (non-hydrogen) atoms. The predicted octanol–water partition coefficient (Wildman–Crippen LogP) is 1.02. The SMILES string of the molecule is CC(C)(C)CC(O)[N+](=O)[O-]. The molecule has 0 aliphatic carbocycles. The molecular weight excluding hydrogens is 134 g/mol. The Balaban J connectivity index is 3.80. The van der Waals surface area contributed by atoms with Gasteiger partial charge in [0.15, 0.2) is 0 Å². The fraction of sp³-hybridized carbons (Fsp3) is 1.00. The first kappa shape index (κ1) is 9.36. The Kier molecular flexibility index (Phi) is 2.77. The fourth-order valence-electron chi connectivity index (χ4n) is 0.622. The van der Waals surface area contributed by atoms with Crippen LogP contribution in [0, 0.1) is 15.5 Å². The van der Waals surface area contributed by atoms with Crippen molar-refractivity contribution >= 4 is 0 Å². The summed E-state index contributed by atoms with van der Waals surface area (Å²) in [7, 11) is 0. The van der Waals surface area contributed by atoms with Crippen LogP contribution in [0.5, 0.6) is 0 Å². The van der Waals surface area contributed by atoms with Crippen molar-refractivity contribution in [1.29, 1.82) is 0 Å². The van der Waals surface area contributed by atoms with Crippen molar-refractivity contribution in [2.45, 2.75) is 33.4 Å². The van der Waals surface area contributed by atoms with Crippen molar-refractivity contribution in [2.24, 2.45) is 5.41 Å². The van der Waals surface area contributed by atoms with E-state index in [1.165, 1.54) is 0 Å². The molecule has 4 heteroatoms. The van der Waals surface area contributed by atoms with Crippen LogP contribution in [0.1, 0.15) is 27.2 Å². The maximum atomic E-state index is 9.93. The Bertz CT molecular complexity index is 127. The third-order valence-corrected chi connectivity index (χ3v) is 1.04. The van der Waals surface area contributed by atoms with Crippen LogP contribution < -0.4 is 0 Å². The molecule has 0 saturated heterocycles. The average Bonchev–Trinajstić information content (AvgIpc) is 1.60. The van der Waals surface area contributed by atoms with Crippen molar-refractivity contribution in [2.75, 3.05) is 0 Å². The highest BCUT2D eigenvalue weighted by Gasteiger charge is 2.23. The van der Waals surface area contributed by atoms with Crippen LogP contribution >= 0.6 is 0 Å². The summed E-state index contributed by atoms with van der Waals surface area (Å²) in [5.74, 6) is 0. The molecule has 0 bridgehead atoms. The zero-order valence-corrected chi connectivity index (χ0v) is 6.50. The maximum Gasteiger partial charge on any atom is 0.313 e. The molecular formula is C6H13NO3. The van der Waals surface area contributed by atoms with E-state index in [4.69, 9.17) is 5.11 Å². The zero-order valence-electron chi connectivity index (χ0n) is 6.50. The van der Waals surface area contributed by atoms with E-state index in [1.54, 1.807) is 0 Å². The van der Waals surface area contributed by atoms with Crippen molar-refractivity contribution in [3.05, 3.63) is 10.1 Å². The molecule has 0 saturated carbocycles. The molecule has 0 aliphatic rings. The maximum absolute atomic E-state index is 9.93. The van der Waals surface area contributed by atoms with Gasteiger partial charge in [0.1, 0.15) is 0 Å². The molecule has 1 atom stereocenters. The highest BCUT2D eigenvalue weighted by atomic mass is 16.7. The lowest BCUT2D eigenvalue weighted by molar-refractivity contribution is -0.573. The predicted molar refractivity (Wildman–Crippen MR) is 37.1 cm³/mol. The van der Waals surface area contributed by atoms with E-state index in [1.807, 2.05) is 20.8 Å². The van der Waals surface area contributed by atoms with Crippen LogP contribution in [0.15, 0.2) is 0 Å². The second-order valence-corrected chi connectivity index (χ2v) is 3.53. The van der Waals surface area contributed by atoms with Gasteiger partial charge in [0, 0.05) is 6.42 Å². The second-order valence-electron chi connectivity index (χ2n) is 3.53. The Morgan fingerprint density at radius 2 is 2.00 bits per heavy atom. The monoisotopic (exact) mass is 147 g/mol. The summed E-state index contributed by atoms with van der Waals surface area (Å²) in [5.41, 5.74) is -0.188. The second kappa shape index (κ2) is 2.96. The Hall–Kier alpha value is -0.640. The lowest BCUT2D eigenvalue weighted by atomic mass is 9.92. The number of nitrogens with zero attached hydrogens (tertiary/aromatic N) is 1. The topological polar surface area (TPSA) is 63.4 Å². The number of aliphatic hydroxyl groups is 1. The largest absolute Gasteiger partial charge is 0.333 e. The van der Waals surface area contributed by atoms with Gasteiger partial charge in [-0.2, -0.15) is 0 Å². The number of hydrogen-bond acceptors (Lipinski definition) is 3. The molecule has 0 aromatic rings. The number of nitro groups is 1.